The minimum atomic E-state index is -1.44. The van der Waals surface area contributed by atoms with Crippen molar-refractivity contribution in [3.63, 3.8) is 0 Å². The lowest BCUT2D eigenvalue weighted by Crippen LogP contribution is -2.32. The molecule has 0 saturated heterocycles. The number of furan rings is 1. The van der Waals surface area contributed by atoms with E-state index in [2.05, 4.69) is 9.99 Å². The number of carboxylic acids is 1. The largest absolute Gasteiger partial charge is 0.543 e. The summed E-state index contributed by atoms with van der Waals surface area (Å²) >= 11 is 0. The quantitative estimate of drug-likeness (QED) is 0.445. The molecule has 0 aliphatic carbocycles. The molecule has 0 aromatic carbocycles. The van der Waals surface area contributed by atoms with Crippen LogP contribution in [-0.4, -0.2) is 18.8 Å². The van der Waals surface area contributed by atoms with Gasteiger partial charge in [0.25, 0.3) is 0 Å². The number of oxime groups is 1. The van der Waals surface area contributed by atoms with Gasteiger partial charge < -0.3 is 19.2 Å². The van der Waals surface area contributed by atoms with Crippen molar-refractivity contribution in [1.29, 1.82) is 0 Å². The topological polar surface area (TPSA) is 74.9 Å². The summed E-state index contributed by atoms with van der Waals surface area (Å²) < 4.78 is 4.78. The van der Waals surface area contributed by atoms with Crippen molar-refractivity contribution >= 4 is 11.7 Å². The van der Waals surface area contributed by atoms with E-state index in [0.29, 0.717) is 0 Å². The van der Waals surface area contributed by atoms with E-state index >= 15 is 0 Å². The van der Waals surface area contributed by atoms with Crippen LogP contribution in [-0.2, 0) is 9.63 Å². The van der Waals surface area contributed by atoms with Gasteiger partial charge in [-0.05, 0) is 12.1 Å². The Morgan fingerprint density at radius 2 is 2.50 bits per heavy atom. The molecule has 0 saturated carbocycles. The van der Waals surface area contributed by atoms with Gasteiger partial charge in [-0.25, -0.2) is 0 Å². The van der Waals surface area contributed by atoms with Crippen LogP contribution in [0.2, 0.25) is 0 Å². The van der Waals surface area contributed by atoms with Crippen LogP contribution in [0.25, 0.3) is 0 Å². The maximum absolute atomic E-state index is 10.4. The Hall–Kier alpha value is -1.78. The number of carboxylic acid groups (broad SMARTS) is 1. The predicted molar refractivity (Wildman–Crippen MR) is 37.3 cm³/mol. The lowest BCUT2D eigenvalue weighted by Gasteiger charge is -2.01. The van der Waals surface area contributed by atoms with Crippen molar-refractivity contribution in [3.05, 3.63) is 24.2 Å². The Labute approximate surface area is 68.2 Å². The zero-order chi connectivity index (χ0) is 8.97. The minimum absolute atomic E-state index is 0.108. The number of hydrogen-bond acceptors (Lipinski definition) is 5. The molecule has 0 aliphatic heterocycles. The van der Waals surface area contributed by atoms with Crippen LogP contribution in [0.15, 0.2) is 28.0 Å². The average molecular weight is 168 g/mol. The molecule has 0 fully saturated rings. The molecule has 1 rings (SSSR count). The van der Waals surface area contributed by atoms with Gasteiger partial charge in [0, 0.05) is 0 Å². The third-order valence-corrected chi connectivity index (χ3v) is 1.13. The molecule has 12 heavy (non-hydrogen) atoms. The van der Waals surface area contributed by atoms with Crippen molar-refractivity contribution in [1.82, 2.24) is 0 Å². The molecule has 0 radical (unpaired) electrons. The smallest absolute Gasteiger partial charge is 0.167 e. The fourth-order valence-electron chi connectivity index (χ4n) is 0.687. The van der Waals surface area contributed by atoms with Crippen molar-refractivity contribution in [3.8, 4) is 0 Å². The first-order valence-corrected chi connectivity index (χ1v) is 3.12. The fourth-order valence-corrected chi connectivity index (χ4v) is 0.687. The van der Waals surface area contributed by atoms with E-state index in [1.165, 1.54) is 19.4 Å². The second-order valence-electron chi connectivity index (χ2n) is 1.89. The number of carbonyl (C=O) groups excluding carboxylic acids is 1. The van der Waals surface area contributed by atoms with E-state index in [4.69, 9.17) is 4.42 Å². The summed E-state index contributed by atoms with van der Waals surface area (Å²) in [4.78, 5) is 14.7. The van der Waals surface area contributed by atoms with Gasteiger partial charge in [-0.3, -0.25) is 0 Å². The Balaban J connectivity index is 2.96. The molecule has 0 amide bonds. The first-order chi connectivity index (χ1) is 5.75. The third-order valence-electron chi connectivity index (χ3n) is 1.13. The summed E-state index contributed by atoms with van der Waals surface area (Å²) in [6.45, 7) is 0. The SMILES string of the molecule is CO/N=C(/C(=O)[O-])c1ccco1. The highest BCUT2D eigenvalue weighted by atomic mass is 16.6. The molecule has 0 atom stereocenters. The summed E-state index contributed by atoms with van der Waals surface area (Å²) in [6, 6.07) is 3.00. The Morgan fingerprint density at radius 1 is 1.75 bits per heavy atom. The molecule has 1 aromatic heterocycles. The minimum Gasteiger partial charge on any atom is -0.543 e. The molecule has 0 aliphatic rings. The van der Waals surface area contributed by atoms with Crippen LogP contribution in [0, 0.1) is 0 Å². The monoisotopic (exact) mass is 168 g/mol. The van der Waals surface area contributed by atoms with Crippen LogP contribution in [0.4, 0.5) is 0 Å². The molecule has 0 unspecified atom stereocenters. The van der Waals surface area contributed by atoms with Crippen LogP contribution in [0.1, 0.15) is 5.76 Å². The molecular weight excluding hydrogens is 162 g/mol. The van der Waals surface area contributed by atoms with Gasteiger partial charge in [-0.15, -0.1) is 0 Å². The number of rotatable bonds is 3. The van der Waals surface area contributed by atoms with Crippen molar-refractivity contribution in [2.45, 2.75) is 0 Å². The lowest BCUT2D eigenvalue weighted by atomic mass is 10.3. The van der Waals surface area contributed by atoms with E-state index in [9.17, 15) is 9.90 Å². The molecule has 0 bridgehead atoms. The van der Waals surface area contributed by atoms with E-state index < -0.39 is 5.97 Å². The number of carbonyl (C=O) groups is 1. The summed E-state index contributed by atoms with van der Waals surface area (Å²) in [6.07, 6.45) is 1.34. The van der Waals surface area contributed by atoms with Gasteiger partial charge in [0.05, 0.1) is 12.2 Å². The summed E-state index contributed by atoms with van der Waals surface area (Å²) in [7, 11) is 1.24. The average Bonchev–Trinajstić information content (AvgIpc) is 2.51. The summed E-state index contributed by atoms with van der Waals surface area (Å²) in [5.41, 5.74) is -0.359. The van der Waals surface area contributed by atoms with Crippen LogP contribution in [0.5, 0.6) is 0 Å². The van der Waals surface area contributed by atoms with Crippen molar-refractivity contribution in [2.75, 3.05) is 7.11 Å². The van der Waals surface area contributed by atoms with E-state index in [0.717, 1.165) is 0 Å². The Morgan fingerprint density at radius 3 is 2.92 bits per heavy atom. The predicted octanol–water partition coefficient (Wildman–Crippen LogP) is -0.620. The lowest BCUT2D eigenvalue weighted by molar-refractivity contribution is -0.294. The number of hydrogen-bond donors (Lipinski definition) is 0. The van der Waals surface area contributed by atoms with Gasteiger partial charge >= 0.3 is 0 Å². The first kappa shape index (κ1) is 8.32. The van der Waals surface area contributed by atoms with Crippen LogP contribution >= 0.6 is 0 Å². The normalized spacial score (nSPS) is 11.2. The molecule has 5 nitrogen and oxygen atoms in total. The highest BCUT2D eigenvalue weighted by Crippen LogP contribution is 2.01. The maximum atomic E-state index is 10.4. The van der Waals surface area contributed by atoms with Crippen LogP contribution < -0.4 is 5.11 Å². The Bertz CT molecular complexity index is 288. The van der Waals surface area contributed by atoms with Gasteiger partial charge in [0.15, 0.2) is 11.5 Å². The molecular formula is C7H6NO4-. The van der Waals surface area contributed by atoms with Crippen molar-refractivity contribution in [2.24, 2.45) is 5.16 Å². The first-order valence-electron chi connectivity index (χ1n) is 3.12. The second kappa shape index (κ2) is 3.56. The molecule has 5 heteroatoms. The summed E-state index contributed by atoms with van der Waals surface area (Å²) in [5.74, 6) is -1.33. The molecule has 0 spiro atoms. The number of nitrogens with zero attached hydrogens (tertiary/aromatic N) is 1. The standard InChI is InChI=1S/C7H7NO4/c1-11-8-6(7(9)10)5-3-2-4-12-5/h2-4H,1H3,(H,9,10)/p-1/b8-6+. The Kier molecular flexibility index (Phi) is 2.47. The highest BCUT2D eigenvalue weighted by Gasteiger charge is 2.07. The second-order valence-corrected chi connectivity index (χ2v) is 1.89. The molecule has 1 aromatic rings. The van der Waals surface area contributed by atoms with E-state index in [-0.39, 0.29) is 11.5 Å². The van der Waals surface area contributed by atoms with Crippen molar-refractivity contribution < 1.29 is 19.2 Å². The zero-order valence-electron chi connectivity index (χ0n) is 6.31. The molecule has 1 heterocycles. The third kappa shape index (κ3) is 1.63. The highest BCUT2D eigenvalue weighted by molar-refractivity contribution is 6.40. The van der Waals surface area contributed by atoms with Crippen LogP contribution in [0.3, 0.4) is 0 Å². The fraction of sp³-hybridized carbons (Fsp3) is 0.143. The van der Waals surface area contributed by atoms with Gasteiger partial charge in [-0.1, -0.05) is 5.16 Å². The summed E-state index contributed by atoms with van der Waals surface area (Å²) in [5, 5.41) is 13.6. The maximum Gasteiger partial charge on any atom is 0.167 e. The van der Waals surface area contributed by atoms with E-state index in [1.807, 2.05) is 0 Å². The molecule has 0 N–H and O–H groups in total. The van der Waals surface area contributed by atoms with Gasteiger partial charge in [0.1, 0.15) is 7.11 Å². The van der Waals surface area contributed by atoms with E-state index in [1.54, 1.807) is 6.07 Å². The van der Waals surface area contributed by atoms with Gasteiger partial charge in [-0.2, -0.15) is 0 Å². The zero-order valence-corrected chi connectivity index (χ0v) is 6.31. The van der Waals surface area contributed by atoms with Gasteiger partial charge in [0.2, 0.25) is 0 Å². The number of aliphatic carboxylic acids is 1. The molecule has 64 valence electrons.